The number of hydrogen-bond donors (Lipinski definition) is 1. The topological polar surface area (TPSA) is 113 Å². The Bertz CT molecular complexity index is 807. The first kappa shape index (κ1) is 22.0. The Morgan fingerprint density at radius 1 is 1.24 bits per heavy atom. The molecule has 0 aromatic carbocycles. The van der Waals surface area contributed by atoms with E-state index in [0.717, 1.165) is 31.4 Å². The second-order valence-corrected chi connectivity index (χ2v) is 8.09. The fourth-order valence-corrected chi connectivity index (χ4v) is 3.07. The number of aliphatic hydroxyl groups is 1. The quantitative estimate of drug-likeness (QED) is 0.362. The highest BCUT2D eigenvalue weighted by atomic mass is 32.2. The lowest BCUT2D eigenvalue weighted by atomic mass is 9.97. The van der Waals surface area contributed by atoms with E-state index in [0.29, 0.717) is 6.61 Å². The standard InChI is InChI=1S/C16H20F3NO8S/c17-16(18,19)29(22,23)28-11-7-12(15(21)9-24-10-15)20-13(8-11)25-5-6-27-14-3-1-2-4-26-14/h7-8,14,21H,1-6,9-10H2. The van der Waals surface area contributed by atoms with Gasteiger partial charge in [0.25, 0.3) is 0 Å². The molecule has 9 nitrogen and oxygen atoms in total. The minimum atomic E-state index is -5.90. The zero-order valence-corrected chi connectivity index (χ0v) is 16.0. The second kappa shape index (κ2) is 8.60. The number of alkyl halides is 3. The molecule has 0 aliphatic carbocycles. The second-order valence-electron chi connectivity index (χ2n) is 6.55. The number of pyridine rings is 1. The van der Waals surface area contributed by atoms with Gasteiger partial charge >= 0.3 is 15.6 Å². The summed E-state index contributed by atoms with van der Waals surface area (Å²) in [6.45, 7) is 0.371. The summed E-state index contributed by atoms with van der Waals surface area (Å²) in [5.41, 5.74) is -7.32. The Morgan fingerprint density at radius 2 is 2.00 bits per heavy atom. The molecule has 13 heteroatoms. The molecule has 3 rings (SSSR count). The summed E-state index contributed by atoms with van der Waals surface area (Å²) in [5.74, 6) is -0.928. The van der Waals surface area contributed by atoms with Gasteiger partial charge in [-0.15, -0.1) is 0 Å². The number of rotatable bonds is 8. The highest BCUT2D eigenvalue weighted by molar-refractivity contribution is 7.88. The molecule has 0 saturated carbocycles. The third kappa shape index (κ3) is 5.48. The normalized spacial score (nSPS) is 22.0. The SMILES string of the molecule is O=S(=O)(Oc1cc(OCCOC2CCCCO2)nc(C2(O)COC2)c1)C(F)(F)F. The first-order chi connectivity index (χ1) is 13.6. The van der Waals surface area contributed by atoms with Crippen LogP contribution in [0.4, 0.5) is 13.2 Å². The summed E-state index contributed by atoms with van der Waals surface area (Å²) >= 11 is 0. The Morgan fingerprint density at radius 3 is 2.59 bits per heavy atom. The average Bonchev–Trinajstić information content (AvgIpc) is 2.62. The van der Waals surface area contributed by atoms with Crippen molar-refractivity contribution in [3.05, 3.63) is 17.8 Å². The average molecular weight is 443 g/mol. The molecule has 2 aliphatic rings. The van der Waals surface area contributed by atoms with Crippen molar-refractivity contribution in [3.8, 4) is 11.6 Å². The summed E-state index contributed by atoms with van der Waals surface area (Å²) in [6, 6.07) is 1.78. The molecule has 3 heterocycles. The van der Waals surface area contributed by atoms with Gasteiger partial charge < -0.3 is 28.2 Å². The summed E-state index contributed by atoms with van der Waals surface area (Å²) in [5, 5.41) is 10.3. The third-order valence-electron chi connectivity index (χ3n) is 4.20. The van der Waals surface area contributed by atoms with Gasteiger partial charge in [0, 0.05) is 18.7 Å². The van der Waals surface area contributed by atoms with E-state index in [4.69, 9.17) is 18.9 Å². The van der Waals surface area contributed by atoms with Gasteiger partial charge in [0.1, 0.15) is 12.4 Å². The lowest BCUT2D eigenvalue weighted by Crippen LogP contribution is -2.47. The first-order valence-corrected chi connectivity index (χ1v) is 10.2. The molecular weight excluding hydrogens is 423 g/mol. The van der Waals surface area contributed by atoms with Gasteiger partial charge in [-0.1, -0.05) is 0 Å². The number of halogens is 3. The van der Waals surface area contributed by atoms with Crippen LogP contribution in [0.2, 0.25) is 0 Å². The van der Waals surface area contributed by atoms with E-state index in [-0.39, 0.29) is 44.3 Å². The van der Waals surface area contributed by atoms with Crippen LogP contribution in [-0.4, -0.2) is 63.3 Å². The van der Waals surface area contributed by atoms with Gasteiger partial charge in [-0.25, -0.2) is 4.98 Å². The van der Waals surface area contributed by atoms with Gasteiger partial charge in [-0.3, -0.25) is 0 Å². The van der Waals surface area contributed by atoms with Crippen LogP contribution in [0.1, 0.15) is 25.0 Å². The van der Waals surface area contributed by atoms with Crippen molar-refractivity contribution in [1.29, 1.82) is 0 Å². The van der Waals surface area contributed by atoms with Crippen molar-refractivity contribution >= 4 is 10.1 Å². The van der Waals surface area contributed by atoms with E-state index < -0.39 is 27.0 Å². The molecule has 0 spiro atoms. The molecule has 2 aliphatic heterocycles. The molecule has 1 atom stereocenters. The van der Waals surface area contributed by atoms with E-state index in [1.807, 2.05) is 0 Å². The lowest BCUT2D eigenvalue weighted by Gasteiger charge is -2.35. The monoisotopic (exact) mass is 443 g/mol. The zero-order valence-electron chi connectivity index (χ0n) is 15.2. The fourth-order valence-electron chi connectivity index (χ4n) is 2.63. The molecular formula is C16H20F3NO8S. The van der Waals surface area contributed by atoms with Crippen LogP contribution in [-0.2, 0) is 29.9 Å². The van der Waals surface area contributed by atoms with Gasteiger partial charge in [0.15, 0.2) is 11.9 Å². The van der Waals surface area contributed by atoms with Gasteiger partial charge in [-0.05, 0) is 19.3 Å². The number of aromatic nitrogens is 1. The van der Waals surface area contributed by atoms with Gasteiger partial charge in [-0.2, -0.15) is 21.6 Å². The minimum Gasteiger partial charge on any atom is -0.475 e. The van der Waals surface area contributed by atoms with Crippen molar-refractivity contribution in [1.82, 2.24) is 4.98 Å². The third-order valence-corrected chi connectivity index (χ3v) is 5.18. The molecule has 0 bridgehead atoms. The number of ether oxygens (including phenoxy) is 4. The summed E-state index contributed by atoms with van der Waals surface area (Å²) < 4.78 is 85.6. The summed E-state index contributed by atoms with van der Waals surface area (Å²) in [4.78, 5) is 4.01. The molecule has 1 aromatic heterocycles. The Balaban J connectivity index is 1.69. The van der Waals surface area contributed by atoms with Crippen molar-refractivity contribution in [2.75, 3.05) is 33.0 Å². The predicted molar refractivity (Wildman–Crippen MR) is 89.6 cm³/mol. The highest BCUT2D eigenvalue weighted by Gasteiger charge is 2.49. The van der Waals surface area contributed by atoms with E-state index >= 15 is 0 Å². The van der Waals surface area contributed by atoms with Crippen molar-refractivity contribution in [2.24, 2.45) is 0 Å². The van der Waals surface area contributed by atoms with E-state index in [1.54, 1.807) is 0 Å². The lowest BCUT2D eigenvalue weighted by molar-refractivity contribution is -0.187. The maximum Gasteiger partial charge on any atom is 0.534 e. The molecule has 2 saturated heterocycles. The molecule has 0 radical (unpaired) electrons. The Labute approximate surface area is 164 Å². The molecule has 29 heavy (non-hydrogen) atoms. The van der Waals surface area contributed by atoms with Crippen LogP contribution in [0.3, 0.4) is 0 Å². The largest absolute Gasteiger partial charge is 0.534 e. The molecule has 1 N–H and O–H groups in total. The van der Waals surface area contributed by atoms with E-state index in [9.17, 15) is 26.7 Å². The molecule has 2 fully saturated rings. The van der Waals surface area contributed by atoms with Crippen LogP contribution >= 0.6 is 0 Å². The number of hydrogen-bond acceptors (Lipinski definition) is 9. The van der Waals surface area contributed by atoms with Crippen molar-refractivity contribution < 1.29 is 49.8 Å². The molecule has 1 aromatic rings. The maximum absolute atomic E-state index is 12.6. The Kier molecular flexibility index (Phi) is 6.53. The van der Waals surface area contributed by atoms with Crippen LogP contribution in [0.25, 0.3) is 0 Å². The van der Waals surface area contributed by atoms with E-state index in [2.05, 4.69) is 9.17 Å². The van der Waals surface area contributed by atoms with Crippen molar-refractivity contribution in [3.63, 3.8) is 0 Å². The number of nitrogens with zero attached hydrogens (tertiary/aromatic N) is 1. The van der Waals surface area contributed by atoms with Crippen LogP contribution < -0.4 is 8.92 Å². The van der Waals surface area contributed by atoms with Crippen LogP contribution in [0, 0.1) is 0 Å². The summed E-state index contributed by atoms with van der Waals surface area (Å²) in [6.07, 6.45) is 2.33. The molecule has 1 unspecified atom stereocenters. The maximum atomic E-state index is 12.6. The Hall–Kier alpha value is -1.67. The highest BCUT2D eigenvalue weighted by Crippen LogP contribution is 2.34. The van der Waals surface area contributed by atoms with Crippen LogP contribution in [0.5, 0.6) is 11.6 Å². The smallest absolute Gasteiger partial charge is 0.475 e. The summed E-state index contributed by atoms with van der Waals surface area (Å²) in [7, 11) is -5.90. The van der Waals surface area contributed by atoms with Crippen molar-refractivity contribution in [2.45, 2.75) is 36.7 Å². The van der Waals surface area contributed by atoms with Gasteiger partial charge in [0.2, 0.25) is 5.88 Å². The van der Waals surface area contributed by atoms with Crippen LogP contribution in [0.15, 0.2) is 12.1 Å². The zero-order chi connectivity index (χ0) is 21.1. The fraction of sp³-hybridized carbons (Fsp3) is 0.688. The molecule has 0 amide bonds. The first-order valence-electron chi connectivity index (χ1n) is 8.78. The van der Waals surface area contributed by atoms with E-state index in [1.165, 1.54) is 0 Å². The minimum absolute atomic E-state index is 0.0310. The van der Waals surface area contributed by atoms with Gasteiger partial charge in [0.05, 0.1) is 25.5 Å². The predicted octanol–water partition coefficient (Wildman–Crippen LogP) is 1.45. The molecule has 164 valence electrons.